The van der Waals surface area contributed by atoms with E-state index in [1.54, 1.807) is 30.3 Å². The molecule has 0 bridgehead atoms. The lowest BCUT2D eigenvalue weighted by Crippen LogP contribution is -1.98. The van der Waals surface area contributed by atoms with Gasteiger partial charge in [-0.2, -0.15) is 10.5 Å². The number of hydrogen-bond donors (Lipinski definition) is 1. The van der Waals surface area contributed by atoms with E-state index in [2.05, 4.69) is 5.32 Å². The lowest BCUT2D eigenvalue weighted by atomic mass is 10.1. The van der Waals surface area contributed by atoms with E-state index in [9.17, 15) is 4.39 Å². The van der Waals surface area contributed by atoms with E-state index in [1.807, 2.05) is 6.07 Å². The van der Waals surface area contributed by atoms with Crippen LogP contribution in [0.2, 0.25) is 0 Å². The summed E-state index contributed by atoms with van der Waals surface area (Å²) < 4.78 is 18.7. The quantitative estimate of drug-likeness (QED) is 0.926. The monoisotopic (exact) mass is 267 g/mol. The number of nitrogens with one attached hydrogen (secondary N) is 1. The van der Waals surface area contributed by atoms with Crippen LogP contribution in [0.4, 0.5) is 15.8 Å². The Balaban J connectivity index is 2.43. The van der Waals surface area contributed by atoms with E-state index in [0.29, 0.717) is 22.7 Å². The zero-order chi connectivity index (χ0) is 14.5. The molecule has 0 aliphatic rings. The maximum Gasteiger partial charge on any atom is 0.143 e. The van der Waals surface area contributed by atoms with Crippen molar-refractivity contribution in [3.05, 3.63) is 53.3 Å². The molecule has 0 aliphatic heterocycles. The highest BCUT2D eigenvalue weighted by atomic mass is 19.1. The summed E-state index contributed by atoms with van der Waals surface area (Å²) in [5.74, 6) is -0.139. The highest BCUT2D eigenvalue weighted by molar-refractivity contribution is 5.73. The normalized spacial score (nSPS) is 9.40. The minimum atomic E-state index is -0.620. The standard InChI is InChI=1S/C15H10FN3O/c1-20-14-4-2-3-11(9-18)15(14)19-12-6-5-10(8-17)13(16)7-12/h2-7,19H,1H3. The van der Waals surface area contributed by atoms with Gasteiger partial charge in [-0.3, -0.25) is 0 Å². The molecule has 2 aromatic carbocycles. The van der Waals surface area contributed by atoms with Gasteiger partial charge in [0.05, 0.1) is 23.9 Å². The topological polar surface area (TPSA) is 68.8 Å². The molecule has 98 valence electrons. The molecule has 0 unspecified atom stereocenters. The average molecular weight is 267 g/mol. The molecular formula is C15H10FN3O. The summed E-state index contributed by atoms with van der Waals surface area (Å²) in [6, 6.07) is 13.0. The number of methoxy groups -OCH3 is 1. The van der Waals surface area contributed by atoms with Gasteiger partial charge < -0.3 is 10.1 Å². The van der Waals surface area contributed by atoms with Crippen molar-refractivity contribution in [1.29, 1.82) is 10.5 Å². The first kappa shape index (κ1) is 13.4. The predicted octanol–water partition coefficient (Wildman–Crippen LogP) is 3.32. The van der Waals surface area contributed by atoms with E-state index in [-0.39, 0.29) is 5.56 Å². The van der Waals surface area contributed by atoms with Gasteiger partial charge in [0.2, 0.25) is 0 Å². The Hall–Kier alpha value is -3.05. The fraction of sp³-hybridized carbons (Fsp3) is 0.0667. The lowest BCUT2D eigenvalue weighted by molar-refractivity contribution is 0.416. The van der Waals surface area contributed by atoms with Gasteiger partial charge in [-0.15, -0.1) is 0 Å². The van der Waals surface area contributed by atoms with Gasteiger partial charge in [0, 0.05) is 5.69 Å². The third-order valence-corrected chi connectivity index (χ3v) is 2.73. The third kappa shape index (κ3) is 2.52. The van der Waals surface area contributed by atoms with Crippen molar-refractivity contribution < 1.29 is 9.13 Å². The lowest BCUT2D eigenvalue weighted by Gasteiger charge is -2.12. The first-order valence-corrected chi connectivity index (χ1v) is 5.73. The summed E-state index contributed by atoms with van der Waals surface area (Å²) in [7, 11) is 1.49. The molecule has 2 rings (SSSR count). The fourth-order valence-corrected chi connectivity index (χ4v) is 1.75. The molecule has 2 aromatic rings. The van der Waals surface area contributed by atoms with Crippen LogP contribution in [0, 0.1) is 28.5 Å². The maximum atomic E-state index is 13.6. The number of nitrogens with zero attached hydrogens (tertiary/aromatic N) is 2. The van der Waals surface area contributed by atoms with E-state index >= 15 is 0 Å². The minimum Gasteiger partial charge on any atom is -0.495 e. The smallest absolute Gasteiger partial charge is 0.143 e. The molecule has 0 radical (unpaired) electrons. The molecule has 5 heteroatoms. The molecular weight excluding hydrogens is 257 g/mol. The molecule has 1 N–H and O–H groups in total. The Morgan fingerprint density at radius 2 is 1.85 bits per heavy atom. The highest BCUT2D eigenvalue weighted by Crippen LogP contribution is 2.31. The summed E-state index contributed by atoms with van der Waals surface area (Å²) in [4.78, 5) is 0. The number of benzene rings is 2. The van der Waals surface area contributed by atoms with E-state index < -0.39 is 5.82 Å². The molecule has 4 nitrogen and oxygen atoms in total. The Morgan fingerprint density at radius 1 is 1.10 bits per heavy atom. The van der Waals surface area contributed by atoms with Crippen molar-refractivity contribution in [2.75, 3.05) is 12.4 Å². The molecule has 0 amide bonds. The van der Waals surface area contributed by atoms with E-state index in [1.165, 1.54) is 19.2 Å². The van der Waals surface area contributed by atoms with E-state index in [4.69, 9.17) is 15.3 Å². The Labute approximate surface area is 115 Å². The van der Waals surface area contributed by atoms with Gasteiger partial charge in [0.1, 0.15) is 23.7 Å². The molecule has 20 heavy (non-hydrogen) atoms. The fourth-order valence-electron chi connectivity index (χ4n) is 1.75. The van der Waals surface area contributed by atoms with Crippen molar-refractivity contribution in [3.63, 3.8) is 0 Å². The van der Waals surface area contributed by atoms with Crippen LogP contribution >= 0.6 is 0 Å². The Kier molecular flexibility index (Phi) is 3.83. The number of ether oxygens (including phenoxy) is 1. The van der Waals surface area contributed by atoms with Crippen LogP contribution in [0.1, 0.15) is 11.1 Å². The Bertz CT molecular complexity index is 729. The first-order valence-electron chi connectivity index (χ1n) is 5.73. The second kappa shape index (κ2) is 5.73. The number of rotatable bonds is 3. The molecule has 0 atom stereocenters. The summed E-state index contributed by atoms with van der Waals surface area (Å²) in [5.41, 5.74) is 1.24. The largest absolute Gasteiger partial charge is 0.495 e. The number of para-hydroxylation sites is 1. The van der Waals surface area contributed by atoms with Crippen LogP contribution < -0.4 is 10.1 Å². The van der Waals surface area contributed by atoms with Gasteiger partial charge in [-0.1, -0.05) is 6.07 Å². The SMILES string of the molecule is COc1cccc(C#N)c1Nc1ccc(C#N)c(F)c1. The van der Waals surface area contributed by atoms with Crippen LogP contribution in [0.25, 0.3) is 0 Å². The molecule has 0 fully saturated rings. The molecule has 0 spiro atoms. The zero-order valence-electron chi connectivity index (χ0n) is 10.6. The van der Waals surface area contributed by atoms with Crippen molar-refractivity contribution in [1.82, 2.24) is 0 Å². The first-order chi connectivity index (χ1) is 9.69. The molecule has 0 aliphatic carbocycles. The number of hydrogen-bond acceptors (Lipinski definition) is 4. The van der Waals surface area contributed by atoms with Gasteiger partial charge >= 0.3 is 0 Å². The number of anilines is 2. The van der Waals surface area contributed by atoms with Gasteiger partial charge in [0.15, 0.2) is 0 Å². The molecule has 0 aromatic heterocycles. The van der Waals surface area contributed by atoms with Crippen molar-refractivity contribution in [2.24, 2.45) is 0 Å². The van der Waals surface area contributed by atoms with Gasteiger partial charge in [0.25, 0.3) is 0 Å². The van der Waals surface area contributed by atoms with Crippen LogP contribution in [0.5, 0.6) is 5.75 Å². The Morgan fingerprint density at radius 3 is 2.45 bits per heavy atom. The average Bonchev–Trinajstić information content (AvgIpc) is 2.47. The van der Waals surface area contributed by atoms with Crippen LogP contribution in [0.3, 0.4) is 0 Å². The molecule has 0 saturated heterocycles. The third-order valence-electron chi connectivity index (χ3n) is 2.73. The summed E-state index contributed by atoms with van der Waals surface area (Å²) >= 11 is 0. The van der Waals surface area contributed by atoms with Crippen molar-refractivity contribution >= 4 is 11.4 Å². The predicted molar refractivity (Wildman–Crippen MR) is 72.1 cm³/mol. The molecule has 0 heterocycles. The maximum absolute atomic E-state index is 13.6. The van der Waals surface area contributed by atoms with Crippen LogP contribution in [-0.4, -0.2) is 7.11 Å². The van der Waals surface area contributed by atoms with Crippen molar-refractivity contribution in [2.45, 2.75) is 0 Å². The van der Waals surface area contributed by atoms with Crippen LogP contribution in [-0.2, 0) is 0 Å². The van der Waals surface area contributed by atoms with E-state index in [0.717, 1.165) is 0 Å². The second-order valence-electron chi connectivity index (χ2n) is 3.93. The second-order valence-corrected chi connectivity index (χ2v) is 3.93. The summed E-state index contributed by atoms with van der Waals surface area (Å²) in [6.07, 6.45) is 0. The number of halogens is 1. The zero-order valence-corrected chi connectivity index (χ0v) is 10.6. The molecule has 0 saturated carbocycles. The number of nitriles is 2. The van der Waals surface area contributed by atoms with Crippen molar-refractivity contribution in [3.8, 4) is 17.9 Å². The van der Waals surface area contributed by atoms with Gasteiger partial charge in [-0.05, 0) is 30.3 Å². The summed E-state index contributed by atoms with van der Waals surface area (Å²) in [5, 5.41) is 20.7. The highest BCUT2D eigenvalue weighted by Gasteiger charge is 2.10. The van der Waals surface area contributed by atoms with Gasteiger partial charge in [-0.25, -0.2) is 4.39 Å². The summed E-state index contributed by atoms with van der Waals surface area (Å²) in [6.45, 7) is 0. The van der Waals surface area contributed by atoms with Crippen LogP contribution in [0.15, 0.2) is 36.4 Å². The minimum absolute atomic E-state index is 0.0314.